The predicted octanol–water partition coefficient (Wildman–Crippen LogP) is 2.40. The zero-order valence-corrected chi connectivity index (χ0v) is 13.6. The van der Waals surface area contributed by atoms with E-state index in [2.05, 4.69) is 5.32 Å². The van der Waals surface area contributed by atoms with Gasteiger partial charge in [-0.15, -0.1) is 0 Å². The van der Waals surface area contributed by atoms with Crippen molar-refractivity contribution in [2.75, 3.05) is 16.8 Å². The van der Waals surface area contributed by atoms with Crippen LogP contribution in [0.25, 0.3) is 0 Å². The van der Waals surface area contributed by atoms with Crippen LogP contribution in [0.5, 0.6) is 0 Å². The molecular weight excluding hydrogens is 308 g/mol. The molecule has 3 rings (SSSR count). The summed E-state index contributed by atoms with van der Waals surface area (Å²) in [5.41, 5.74) is 0.387. The van der Waals surface area contributed by atoms with E-state index in [1.54, 1.807) is 31.2 Å². The zero-order valence-electron chi connectivity index (χ0n) is 13.6. The van der Waals surface area contributed by atoms with Crippen LogP contribution in [0, 0.1) is 0 Å². The van der Waals surface area contributed by atoms with Crippen LogP contribution in [0.1, 0.15) is 32.6 Å². The first-order valence-electron chi connectivity index (χ1n) is 8.11. The Kier molecular flexibility index (Phi) is 4.38. The van der Waals surface area contributed by atoms with Crippen molar-refractivity contribution in [2.45, 2.75) is 38.1 Å². The van der Waals surface area contributed by atoms with Crippen molar-refractivity contribution in [3.8, 4) is 0 Å². The molecular formula is C18H20N2O4. The molecule has 0 aromatic heterocycles. The Morgan fingerprint density at radius 3 is 2.71 bits per heavy atom. The van der Waals surface area contributed by atoms with Crippen molar-refractivity contribution in [2.24, 2.45) is 0 Å². The van der Waals surface area contributed by atoms with Crippen molar-refractivity contribution in [3.05, 3.63) is 36.4 Å². The number of esters is 1. The van der Waals surface area contributed by atoms with E-state index in [9.17, 15) is 14.4 Å². The molecule has 1 aromatic carbocycles. The van der Waals surface area contributed by atoms with Gasteiger partial charge in [0, 0.05) is 6.08 Å². The molecule has 6 heteroatoms. The first kappa shape index (κ1) is 16.2. The lowest BCUT2D eigenvalue weighted by Gasteiger charge is -2.44. The maximum atomic E-state index is 12.8. The number of nitrogens with one attached hydrogen (secondary N) is 1. The Hall–Kier alpha value is -2.63. The minimum Gasteiger partial charge on any atom is -0.452 e. The first-order valence-corrected chi connectivity index (χ1v) is 8.11. The number of carbonyl (C=O) groups is 3. The quantitative estimate of drug-likeness (QED) is 0.683. The highest BCUT2D eigenvalue weighted by Gasteiger charge is 2.52. The summed E-state index contributed by atoms with van der Waals surface area (Å²) in [6.07, 6.45) is 5.81. The van der Waals surface area contributed by atoms with Gasteiger partial charge in [0.2, 0.25) is 0 Å². The Bertz CT molecular complexity index is 705. The second-order valence-electron chi connectivity index (χ2n) is 6.05. The van der Waals surface area contributed by atoms with Gasteiger partial charge in [0.05, 0.1) is 11.4 Å². The number of allylic oxidation sites excluding steroid dienone is 1. The molecule has 0 radical (unpaired) electrons. The summed E-state index contributed by atoms with van der Waals surface area (Å²) >= 11 is 0. The minimum atomic E-state index is -0.877. The fourth-order valence-electron chi connectivity index (χ4n) is 3.51. The number of nitrogens with zero attached hydrogens (tertiary/aromatic N) is 1. The number of ether oxygens (including phenoxy) is 1. The number of para-hydroxylation sites is 2. The van der Waals surface area contributed by atoms with Crippen molar-refractivity contribution >= 4 is 29.2 Å². The molecule has 0 saturated heterocycles. The van der Waals surface area contributed by atoms with E-state index < -0.39 is 11.5 Å². The number of carbonyl (C=O) groups excluding carboxylic acids is 3. The second kappa shape index (κ2) is 6.47. The zero-order chi connectivity index (χ0) is 17.2. The molecule has 1 aliphatic carbocycles. The Morgan fingerprint density at radius 1 is 1.29 bits per heavy atom. The largest absolute Gasteiger partial charge is 0.452 e. The van der Waals surface area contributed by atoms with Gasteiger partial charge in [0.1, 0.15) is 5.54 Å². The predicted molar refractivity (Wildman–Crippen MR) is 89.5 cm³/mol. The molecule has 0 bridgehead atoms. The van der Waals surface area contributed by atoms with Crippen LogP contribution in [0.3, 0.4) is 0 Å². The summed E-state index contributed by atoms with van der Waals surface area (Å²) in [7, 11) is 0. The van der Waals surface area contributed by atoms with Crippen molar-refractivity contribution in [1.29, 1.82) is 0 Å². The maximum absolute atomic E-state index is 12.8. The van der Waals surface area contributed by atoms with Crippen LogP contribution < -0.4 is 10.2 Å². The summed E-state index contributed by atoms with van der Waals surface area (Å²) < 4.78 is 5.00. The number of anilines is 2. The lowest BCUT2D eigenvalue weighted by atomic mass is 9.90. The van der Waals surface area contributed by atoms with E-state index in [0.717, 1.165) is 12.8 Å². The summed E-state index contributed by atoms with van der Waals surface area (Å²) in [5.74, 6) is -1.11. The highest BCUT2D eigenvalue weighted by molar-refractivity contribution is 6.15. The molecule has 1 spiro atoms. The van der Waals surface area contributed by atoms with Crippen LogP contribution >= 0.6 is 0 Å². The third-order valence-corrected chi connectivity index (χ3v) is 4.56. The summed E-state index contributed by atoms with van der Waals surface area (Å²) in [4.78, 5) is 38.6. The van der Waals surface area contributed by atoms with Gasteiger partial charge < -0.3 is 10.1 Å². The number of hydrogen-bond acceptors (Lipinski definition) is 4. The topological polar surface area (TPSA) is 75.7 Å². The van der Waals surface area contributed by atoms with Crippen molar-refractivity contribution < 1.29 is 19.1 Å². The van der Waals surface area contributed by atoms with E-state index in [1.807, 2.05) is 6.07 Å². The van der Waals surface area contributed by atoms with Gasteiger partial charge in [-0.05, 0) is 31.9 Å². The van der Waals surface area contributed by atoms with Crippen LogP contribution in [0.15, 0.2) is 36.4 Å². The highest BCUT2D eigenvalue weighted by Crippen LogP contribution is 2.45. The number of rotatable bonds is 3. The minimum absolute atomic E-state index is 0.160. The molecule has 1 fully saturated rings. The normalized spacial score (nSPS) is 18.5. The van der Waals surface area contributed by atoms with E-state index in [-0.39, 0.29) is 18.4 Å². The molecule has 1 heterocycles. The molecule has 2 aliphatic rings. The van der Waals surface area contributed by atoms with E-state index in [1.165, 1.54) is 11.0 Å². The van der Waals surface area contributed by atoms with Gasteiger partial charge in [-0.1, -0.05) is 31.1 Å². The lowest BCUT2D eigenvalue weighted by Crippen LogP contribution is -2.61. The number of benzene rings is 1. The monoisotopic (exact) mass is 328 g/mol. The van der Waals surface area contributed by atoms with E-state index in [4.69, 9.17) is 4.74 Å². The van der Waals surface area contributed by atoms with Gasteiger partial charge in [-0.3, -0.25) is 14.5 Å². The van der Waals surface area contributed by atoms with Gasteiger partial charge in [0.15, 0.2) is 6.61 Å². The summed E-state index contributed by atoms with van der Waals surface area (Å²) in [6.45, 7) is 1.31. The second-order valence-corrected chi connectivity index (χ2v) is 6.05. The third kappa shape index (κ3) is 2.68. The average molecular weight is 328 g/mol. The molecule has 1 saturated carbocycles. The molecule has 2 amide bonds. The number of amides is 2. The number of fused-ring (bicyclic) bond motifs is 1. The van der Waals surface area contributed by atoms with Gasteiger partial charge in [0.25, 0.3) is 11.8 Å². The van der Waals surface area contributed by atoms with Crippen LogP contribution in [-0.2, 0) is 19.1 Å². The number of hydrogen-bond donors (Lipinski definition) is 1. The maximum Gasteiger partial charge on any atom is 0.330 e. The fraction of sp³-hybridized carbons (Fsp3) is 0.389. The SMILES string of the molecule is C/C=C/C(=O)OCC(=O)N1c2ccccc2NC(=O)C12CCCC2. The standard InChI is InChI=1S/C18H20N2O4/c1-2-7-16(22)24-12-15(21)20-14-9-4-3-8-13(14)19-17(23)18(20)10-5-6-11-18/h2-4,7-9H,5-6,10-12H2,1H3,(H,19,23)/b7-2+. The van der Waals surface area contributed by atoms with Gasteiger partial charge in [-0.25, -0.2) is 4.79 Å². The van der Waals surface area contributed by atoms with Crippen LogP contribution in [-0.4, -0.2) is 29.9 Å². The Morgan fingerprint density at radius 2 is 2.00 bits per heavy atom. The molecule has 1 aromatic rings. The van der Waals surface area contributed by atoms with Crippen LogP contribution in [0.4, 0.5) is 11.4 Å². The Labute approximate surface area is 140 Å². The molecule has 24 heavy (non-hydrogen) atoms. The third-order valence-electron chi connectivity index (χ3n) is 4.56. The van der Waals surface area contributed by atoms with Crippen molar-refractivity contribution in [1.82, 2.24) is 0 Å². The average Bonchev–Trinajstić information content (AvgIpc) is 3.05. The first-order chi connectivity index (χ1) is 11.6. The van der Waals surface area contributed by atoms with E-state index in [0.29, 0.717) is 24.2 Å². The van der Waals surface area contributed by atoms with Gasteiger partial charge >= 0.3 is 5.97 Å². The summed E-state index contributed by atoms with van der Waals surface area (Å²) in [6, 6.07) is 7.20. The molecule has 0 unspecified atom stereocenters. The molecule has 6 nitrogen and oxygen atoms in total. The van der Waals surface area contributed by atoms with Gasteiger partial charge in [-0.2, -0.15) is 0 Å². The molecule has 1 aliphatic heterocycles. The molecule has 126 valence electrons. The smallest absolute Gasteiger partial charge is 0.330 e. The van der Waals surface area contributed by atoms with E-state index >= 15 is 0 Å². The summed E-state index contributed by atoms with van der Waals surface area (Å²) in [5, 5.41) is 2.91. The molecule has 1 N–H and O–H groups in total. The van der Waals surface area contributed by atoms with Crippen molar-refractivity contribution in [3.63, 3.8) is 0 Å². The van der Waals surface area contributed by atoms with Crippen LogP contribution in [0.2, 0.25) is 0 Å². The fourth-order valence-corrected chi connectivity index (χ4v) is 3.51. The molecule has 0 atom stereocenters. The highest BCUT2D eigenvalue weighted by atomic mass is 16.5. The lowest BCUT2D eigenvalue weighted by molar-refractivity contribution is -0.143. The Balaban J connectivity index is 1.93.